The number of nitrogens with one attached hydrogen (secondary N) is 1. The van der Waals surface area contributed by atoms with Crippen molar-refractivity contribution in [1.82, 2.24) is 19.6 Å². The van der Waals surface area contributed by atoms with Gasteiger partial charge in [0.05, 0.1) is 11.4 Å². The average Bonchev–Trinajstić information content (AvgIpc) is 3.24. The Morgan fingerprint density at radius 1 is 0.970 bits per heavy atom. The van der Waals surface area contributed by atoms with Crippen LogP contribution in [-0.2, 0) is 16.6 Å². The zero-order valence-electron chi connectivity index (χ0n) is 18.1. The van der Waals surface area contributed by atoms with E-state index in [4.69, 9.17) is 4.74 Å². The molecule has 9 heteroatoms. The molecule has 0 unspecified atom stereocenters. The molecule has 0 fully saturated rings. The maximum atomic E-state index is 12.5. The molecule has 0 aliphatic carbocycles. The Balaban J connectivity index is 1.52. The molecule has 0 atom stereocenters. The molecule has 1 amide bonds. The molecule has 33 heavy (non-hydrogen) atoms. The molecule has 0 saturated carbocycles. The quantitative estimate of drug-likeness (QED) is 0.459. The second-order valence-corrected chi connectivity index (χ2v) is 7.33. The highest BCUT2D eigenvalue weighted by atomic mass is 16.5. The third-order valence-electron chi connectivity index (χ3n) is 4.83. The van der Waals surface area contributed by atoms with Gasteiger partial charge in [0.2, 0.25) is 0 Å². The van der Waals surface area contributed by atoms with Crippen LogP contribution in [0.25, 0.3) is 16.9 Å². The van der Waals surface area contributed by atoms with E-state index in [0.29, 0.717) is 11.5 Å². The SMILES string of the molecule is Cc1ccc(-c2cc(NC(=O)COC(=O)c3ccc(=O)n(C)n3)n(-c3ccccc3)n2)cc1. The Bertz CT molecular complexity index is 1360. The predicted molar refractivity (Wildman–Crippen MR) is 122 cm³/mol. The summed E-state index contributed by atoms with van der Waals surface area (Å²) in [5.41, 5.74) is 3.05. The summed E-state index contributed by atoms with van der Waals surface area (Å²) in [6.45, 7) is 1.48. The number of esters is 1. The molecule has 0 radical (unpaired) electrons. The molecular weight excluding hydrogens is 422 g/mol. The summed E-state index contributed by atoms with van der Waals surface area (Å²) in [7, 11) is 1.42. The van der Waals surface area contributed by atoms with Gasteiger partial charge in [-0.15, -0.1) is 0 Å². The summed E-state index contributed by atoms with van der Waals surface area (Å²) in [6, 6.07) is 21.5. The molecule has 2 aromatic carbocycles. The number of anilines is 1. The molecule has 0 saturated heterocycles. The fourth-order valence-electron chi connectivity index (χ4n) is 3.10. The first-order chi connectivity index (χ1) is 15.9. The average molecular weight is 443 g/mol. The third-order valence-corrected chi connectivity index (χ3v) is 4.83. The first-order valence-corrected chi connectivity index (χ1v) is 10.1. The lowest BCUT2D eigenvalue weighted by atomic mass is 10.1. The number of rotatable bonds is 6. The molecule has 166 valence electrons. The summed E-state index contributed by atoms with van der Waals surface area (Å²) in [4.78, 5) is 36.1. The van der Waals surface area contributed by atoms with Crippen molar-refractivity contribution in [3.8, 4) is 16.9 Å². The number of nitrogens with zero attached hydrogens (tertiary/aromatic N) is 4. The van der Waals surface area contributed by atoms with E-state index < -0.39 is 18.5 Å². The lowest BCUT2D eigenvalue weighted by Gasteiger charge is -2.09. The van der Waals surface area contributed by atoms with Crippen LogP contribution in [0, 0.1) is 6.92 Å². The van der Waals surface area contributed by atoms with E-state index in [9.17, 15) is 14.4 Å². The van der Waals surface area contributed by atoms with Gasteiger partial charge in [-0.05, 0) is 25.1 Å². The summed E-state index contributed by atoms with van der Waals surface area (Å²) in [5, 5.41) is 11.2. The molecule has 4 aromatic rings. The molecule has 2 aromatic heterocycles. The molecule has 9 nitrogen and oxygen atoms in total. The number of aromatic nitrogens is 4. The second-order valence-electron chi connectivity index (χ2n) is 7.33. The molecule has 4 rings (SSSR count). The molecule has 0 spiro atoms. The monoisotopic (exact) mass is 443 g/mol. The van der Waals surface area contributed by atoms with Crippen molar-refractivity contribution in [2.75, 3.05) is 11.9 Å². The summed E-state index contributed by atoms with van der Waals surface area (Å²) >= 11 is 0. The third kappa shape index (κ3) is 5.04. The van der Waals surface area contributed by atoms with E-state index >= 15 is 0 Å². The van der Waals surface area contributed by atoms with Crippen molar-refractivity contribution < 1.29 is 14.3 Å². The zero-order valence-corrected chi connectivity index (χ0v) is 18.1. The van der Waals surface area contributed by atoms with E-state index in [1.807, 2.05) is 61.5 Å². The number of ether oxygens (including phenoxy) is 1. The smallest absolute Gasteiger partial charge is 0.359 e. The number of hydrogen-bond donors (Lipinski definition) is 1. The number of benzene rings is 2. The number of carbonyl (C=O) groups is 2. The molecule has 0 bridgehead atoms. The summed E-state index contributed by atoms with van der Waals surface area (Å²) in [5.74, 6) is -0.920. The van der Waals surface area contributed by atoms with Gasteiger partial charge in [-0.3, -0.25) is 9.59 Å². The molecule has 0 aliphatic heterocycles. The van der Waals surface area contributed by atoms with Crippen LogP contribution in [0.3, 0.4) is 0 Å². The van der Waals surface area contributed by atoms with E-state index in [1.165, 1.54) is 19.2 Å². The van der Waals surface area contributed by atoms with Crippen LogP contribution in [0.15, 0.2) is 77.6 Å². The van der Waals surface area contributed by atoms with Crippen molar-refractivity contribution in [3.63, 3.8) is 0 Å². The Kier molecular flexibility index (Phi) is 6.12. The largest absolute Gasteiger partial charge is 0.451 e. The number of amides is 1. The van der Waals surface area contributed by atoms with Crippen molar-refractivity contribution in [2.45, 2.75) is 6.92 Å². The Labute approximate surface area is 189 Å². The van der Waals surface area contributed by atoms with Gasteiger partial charge < -0.3 is 10.1 Å². The van der Waals surface area contributed by atoms with Crippen LogP contribution in [0.1, 0.15) is 16.1 Å². The fourth-order valence-corrected chi connectivity index (χ4v) is 3.10. The predicted octanol–water partition coefficient (Wildman–Crippen LogP) is 2.74. The van der Waals surface area contributed by atoms with Gasteiger partial charge >= 0.3 is 5.97 Å². The van der Waals surface area contributed by atoms with Gasteiger partial charge in [-0.2, -0.15) is 10.2 Å². The van der Waals surface area contributed by atoms with Crippen LogP contribution >= 0.6 is 0 Å². The Morgan fingerprint density at radius 3 is 2.39 bits per heavy atom. The van der Waals surface area contributed by atoms with Crippen LogP contribution in [0.2, 0.25) is 0 Å². The van der Waals surface area contributed by atoms with Crippen LogP contribution in [0.4, 0.5) is 5.82 Å². The van der Waals surface area contributed by atoms with E-state index in [2.05, 4.69) is 15.5 Å². The first-order valence-electron chi connectivity index (χ1n) is 10.1. The molecule has 1 N–H and O–H groups in total. The maximum Gasteiger partial charge on any atom is 0.359 e. The lowest BCUT2D eigenvalue weighted by molar-refractivity contribution is -0.119. The van der Waals surface area contributed by atoms with Gasteiger partial charge in [0, 0.05) is 24.7 Å². The van der Waals surface area contributed by atoms with E-state index in [0.717, 1.165) is 21.5 Å². The van der Waals surface area contributed by atoms with Crippen molar-refractivity contribution >= 4 is 17.7 Å². The lowest BCUT2D eigenvalue weighted by Crippen LogP contribution is -2.25. The van der Waals surface area contributed by atoms with Gasteiger partial charge in [-0.1, -0.05) is 48.0 Å². The fraction of sp³-hybridized carbons (Fsp3) is 0.125. The van der Waals surface area contributed by atoms with Crippen molar-refractivity contribution in [1.29, 1.82) is 0 Å². The number of para-hydroxylation sites is 1. The molecular formula is C24H21N5O4. The van der Waals surface area contributed by atoms with Crippen molar-refractivity contribution in [2.24, 2.45) is 7.05 Å². The minimum absolute atomic E-state index is 0.0686. The zero-order chi connectivity index (χ0) is 23.4. The maximum absolute atomic E-state index is 12.5. The highest BCUT2D eigenvalue weighted by Gasteiger charge is 2.16. The molecule has 0 aliphatic rings. The number of hydrogen-bond acceptors (Lipinski definition) is 6. The highest BCUT2D eigenvalue weighted by molar-refractivity contribution is 5.94. The van der Waals surface area contributed by atoms with Crippen LogP contribution in [0.5, 0.6) is 0 Å². The van der Waals surface area contributed by atoms with Crippen molar-refractivity contribution in [3.05, 3.63) is 94.4 Å². The van der Waals surface area contributed by atoms with Gasteiger partial charge in [0.1, 0.15) is 5.82 Å². The van der Waals surface area contributed by atoms with Gasteiger partial charge in [0.15, 0.2) is 12.3 Å². The summed E-state index contributed by atoms with van der Waals surface area (Å²) in [6.07, 6.45) is 0. The minimum atomic E-state index is -0.808. The Morgan fingerprint density at radius 2 is 1.70 bits per heavy atom. The van der Waals surface area contributed by atoms with E-state index in [-0.39, 0.29) is 11.3 Å². The highest BCUT2D eigenvalue weighted by Crippen LogP contribution is 2.25. The normalized spacial score (nSPS) is 10.6. The first kappa shape index (κ1) is 21.7. The molecule has 2 heterocycles. The topological polar surface area (TPSA) is 108 Å². The number of aryl methyl sites for hydroxylation is 2. The van der Waals surface area contributed by atoms with E-state index in [1.54, 1.807) is 10.7 Å². The Hall–Kier alpha value is -4.53. The minimum Gasteiger partial charge on any atom is -0.451 e. The second kappa shape index (κ2) is 9.31. The van der Waals surface area contributed by atoms with Crippen LogP contribution in [-0.4, -0.2) is 38.0 Å². The summed E-state index contributed by atoms with van der Waals surface area (Å²) < 4.78 is 7.68. The van der Waals surface area contributed by atoms with Crippen LogP contribution < -0.4 is 10.9 Å². The standard InChI is InChI=1S/C24H21N5O4/c1-16-8-10-17(11-9-16)20-14-21(29(27-20)18-6-4-3-5-7-18)25-22(30)15-33-24(32)19-12-13-23(31)28(2)26-19/h3-14H,15H2,1-2H3,(H,25,30). The number of carbonyl (C=O) groups excluding carboxylic acids is 2. The van der Waals surface area contributed by atoms with Gasteiger partial charge in [-0.25, -0.2) is 14.2 Å². The van der Waals surface area contributed by atoms with Gasteiger partial charge in [0.25, 0.3) is 11.5 Å².